The van der Waals surface area contributed by atoms with Crippen LogP contribution in [0.2, 0.25) is 0 Å². The fourth-order valence-electron chi connectivity index (χ4n) is 0.731. The van der Waals surface area contributed by atoms with Gasteiger partial charge in [-0.15, -0.1) is 0 Å². The molecule has 0 fully saturated rings. The molecule has 54 valence electrons. The number of halogens is 2. The average molecular weight is 159 g/mol. The second kappa shape index (κ2) is 2.59. The van der Waals surface area contributed by atoms with E-state index in [9.17, 15) is 4.39 Å². The molecule has 1 rings (SSSR count). The third-order valence-corrected chi connectivity index (χ3v) is 1.50. The summed E-state index contributed by atoms with van der Waals surface area (Å²) in [6.07, 6.45) is 0. The molecule has 2 heteroatoms. The highest BCUT2D eigenvalue weighted by atomic mass is 35.5. The molecule has 0 aromatic heterocycles. The van der Waals surface area contributed by atoms with Gasteiger partial charge in [0.05, 0.1) is 0 Å². The van der Waals surface area contributed by atoms with Gasteiger partial charge in [0.15, 0.2) is 0 Å². The fourth-order valence-corrected chi connectivity index (χ4v) is 0.857. The van der Waals surface area contributed by atoms with Crippen molar-refractivity contribution in [3.63, 3.8) is 0 Å². The van der Waals surface area contributed by atoms with Crippen molar-refractivity contribution in [2.24, 2.45) is 0 Å². The minimum Gasteiger partial charge on any atom is -0.221 e. The molecule has 0 heterocycles. The van der Waals surface area contributed by atoms with Crippen molar-refractivity contribution in [1.29, 1.82) is 0 Å². The molecular formula is C8H8ClF. The van der Waals surface area contributed by atoms with E-state index in [1.807, 2.05) is 6.07 Å². The zero-order valence-electron chi connectivity index (χ0n) is 5.64. The molecule has 0 amide bonds. The fraction of sp³-hybridized carbons (Fsp3) is 0.250. The van der Waals surface area contributed by atoms with Crippen LogP contribution in [0.3, 0.4) is 0 Å². The van der Waals surface area contributed by atoms with Crippen LogP contribution >= 0.6 is 11.6 Å². The van der Waals surface area contributed by atoms with E-state index in [2.05, 4.69) is 0 Å². The largest absolute Gasteiger partial charge is 0.221 e. The number of hydrogen-bond donors (Lipinski definition) is 0. The van der Waals surface area contributed by atoms with Crippen LogP contribution in [0.4, 0.5) is 4.39 Å². The zero-order valence-corrected chi connectivity index (χ0v) is 6.40. The van der Waals surface area contributed by atoms with Gasteiger partial charge in [0, 0.05) is 5.56 Å². The molecule has 0 aliphatic rings. The van der Waals surface area contributed by atoms with Crippen LogP contribution in [-0.2, 0) is 5.13 Å². The van der Waals surface area contributed by atoms with Crippen LogP contribution < -0.4 is 0 Å². The van der Waals surface area contributed by atoms with Crippen LogP contribution in [0.15, 0.2) is 30.3 Å². The Bertz CT molecular complexity index is 200. The Balaban J connectivity index is 2.97. The van der Waals surface area contributed by atoms with E-state index in [1.54, 1.807) is 24.3 Å². The molecule has 0 bridgehead atoms. The van der Waals surface area contributed by atoms with E-state index in [1.165, 1.54) is 6.92 Å². The average Bonchev–Trinajstić information content (AvgIpc) is 1.88. The predicted molar refractivity (Wildman–Crippen MR) is 40.8 cm³/mol. The van der Waals surface area contributed by atoms with Crippen LogP contribution in [0.1, 0.15) is 12.5 Å². The summed E-state index contributed by atoms with van der Waals surface area (Å²) >= 11 is 5.39. The Labute approximate surface area is 64.6 Å². The molecule has 10 heavy (non-hydrogen) atoms. The molecule has 1 aromatic rings. The van der Waals surface area contributed by atoms with Crippen LogP contribution in [0, 0.1) is 0 Å². The molecule has 0 radical (unpaired) electrons. The quantitative estimate of drug-likeness (QED) is 0.551. The summed E-state index contributed by atoms with van der Waals surface area (Å²) in [7, 11) is 0. The Morgan fingerprint density at radius 1 is 1.30 bits per heavy atom. The summed E-state index contributed by atoms with van der Waals surface area (Å²) in [6, 6.07) is 8.66. The van der Waals surface area contributed by atoms with Crippen molar-refractivity contribution < 1.29 is 4.39 Å². The summed E-state index contributed by atoms with van der Waals surface area (Å²) in [6.45, 7) is 1.32. The Kier molecular flexibility index (Phi) is 1.95. The molecule has 0 nitrogen and oxygen atoms in total. The van der Waals surface area contributed by atoms with Crippen LogP contribution in [0.25, 0.3) is 0 Å². The molecule has 1 unspecified atom stereocenters. The summed E-state index contributed by atoms with van der Waals surface area (Å²) in [5.74, 6) is 0. The van der Waals surface area contributed by atoms with E-state index < -0.39 is 5.13 Å². The monoisotopic (exact) mass is 158 g/mol. The van der Waals surface area contributed by atoms with E-state index >= 15 is 0 Å². The molecule has 0 N–H and O–H groups in total. The van der Waals surface area contributed by atoms with E-state index in [4.69, 9.17) is 11.6 Å². The SMILES string of the molecule is CC(F)(Cl)c1ccccc1. The van der Waals surface area contributed by atoms with Gasteiger partial charge in [0.1, 0.15) is 0 Å². The van der Waals surface area contributed by atoms with Gasteiger partial charge in [-0.3, -0.25) is 0 Å². The molecular weight excluding hydrogens is 151 g/mol. The minimum absolute atomic E-state index is 0.497. The Morgan fingerprint density at radius 2 is 1.80 bits per heavy atom. The molecule has 0 spiro atoms. The van der Waals surface area contributed by atoms with Crippen molar-refractivity contribution >= 4 is 11.6 Å². The highest BCUT2D eigenvalue weighted by Crippen LogP contribution is 2.28. The number of benzene rings is 1. The smallest absolute Gasteiger partial charge is 0.206 e. The van der Waals surface area contributed by atoms with Crippen molar-refractivity contribution in [2.75, 3.05) is 0 Å². The maximum atomic E-state index is 12.9. The van der Waals surface area contributed by atoms with Crippen molar-refractivity contribution in [3.05, 3.63) is 35.9 Å². The lowest BCUT2D eigenvalue weighted by Crippen LogP contribution is -2.03. The lowest BCUT2D eigenvalue weighted by atomic mass is 10.1. The highest BCUT2D eigenvalue weighted by molar-refractivity contribution is 6.22. The first-order chi connectivity index (χ1) is 4.61. The van der Waals surface area contributed by atoms with Gasteiger partial charge in [-0.2, -0.15) is 0 Å². The molecule has 0 saturated carbocycles. The van der Waals surface area contributed by atoms with Gasteiger partial charge in [-0.05, 0) is 6.92 Å². The predicted octanol–water partition coefficient (Wildman–Crippen LogP) is 3.07. The molecule has 1 atom stereocenters. The third-order valence-electron chi connectivity index (χ3n) is 1.28. The van der Waals surface area contributed by atoms with Crippen molar-refractivity contribution in [3.8, 4) is 0 Å². The van der Waals surface area contributed by atoms with Gasteiger partial charge in [0.2, 0.25) is 5.13 Å². The third kappa shape index (κ3) is 1.71. The summed E-state index contributed by atoms with van der Waals surface area (Å²) < 4.78 is 12.9. The molecule has 0 saturated heterocycles. The van der Waals surface area contributed by atoms with E-state index in [-0.39, 0.29) is 0 Å². The zero-order chi connectivity index (χ0) is 7.61. The standard InChI is InChI=1S/C8H8ClF/c1-8(9,10)7-5-3-2-4-6-7/h2-6H,1H3. The first kappa shape index (κ1) is 7.55. The summed E-state index contributed by atoms with van der Waals surface area (Å²) in [5, 5.41) is -1.73. The molecule has 0 aliphatic heterocycles. The first-order valence-corrected chi connectivity index (χ1v) is 3.42. The van der Waals surface area contributed by atoms with Gasteiger partial charge < -0.3 is 0 Å². The topological polar surface area (TPSA) is 0 Å². The van der Waals surface area contributed by atoms with Gasteiger partial charge >= 0.3 is 0 Å². The van der Waals surface area contributed by atoms with E-state index in [0.29, 0.717) is 5.56 Å². The van der Waals surface area contributed by atoms with Crippen molar-refractivity contribution in [1.82, 2.24) is 0 Å². The highest BCUT2D eigenvalue weighted by Gasteiger charge is 2.20. The summed E-state index contributed by atoms with van der Waals surface area (Å²) in [5.41, 5.74) is 0.497. The van der Waals surface area contributed by atoms with Gasteiger partial charge in [-0.25, -0.2) is 4.39 Å². The summed E-state index contributed by atoms with van der Waals surface area (Å²) in [4.78, 5) is 0. The lowest BCUT2D eigenvalue weighted by Gasteiger charge is -2.10. The number of rotatable bonds is 1. The Hall–Kier alpha value is -0.560. The van der Waals surface area contributed by atoms with Gasteiger partial charge in [-0.1, -0.05) is 41.9 Å². The maximum absolute atomic E-state index is 12.9. The lowest BCUT2D eigenvalue weighted by molar-refractivity contribution is 0.314. The molecule has 1 aromatic carbocycles. The van der Waals surface area contributed by atoms with Gasteiger partial charge in [0.25, 0.3) is 0 Å². The first-order valence-electron chi connectivity index (χ1n) is 3.04. The Morgan fingerprint density at radius 3 is 2.10 bits per heavy atom. The molecule has 0 aliphatic carbocycles. The minimum atomic E-state index is -1.73. The van der Waals surface area contributed by atoms with Crippen LogP contribution in [0.5, 0.6) is 0 Å². The van der Waals surface area contributed by atoms with Crippen molar-refractivity contribution in [2.45, 2.75) is 12.1 Å². The second-order valence-electron chi connectivity index (χ2n) is 2.25. The number of alkyl halides is 2. The number of hydrogen-bond acceptors (Lipinski definition) is 0. The van der Waals surface area contributed by atoms with Crippen LogP contribution in [-0.4, -0.2) is 0 Å². The maximum Gasteiger partial charge on any atom is 0.206 e. The normalized spacial score (nSPS) is 16.3. The van der Waals surface area contributed by atoms with E-state index in [0.717, 1.165) is 0 Å². The second-order valence-corrected chi connectivity index (χ2v) is 2.96.